The number of carboxylic acids is 1. The minimum absolute atomic E-state index is 0.0433. The molecule has 0 aliphatic carbocycles. The van der Waals surface area contributed by atoms with E-state index in [9.17, 15) is 14.9 Å². The summed E-state index contributed by atoms with van der Waals surface area (Å²) in [5.41, 5.74) is 0.283. The lowest BCUT2D eigenvalue weighted by molar-refractivity contribution is -0.383. The van der Waals surface area contributed by atoms with E-state index in [1.54, 1.807) is 18.2 Å². The molecule has 98 valence electrons. The summed E-state index contributed by atoms with van der Waals surface area (Å²) in [5.74, 6) is -0.450. The number of non-ortho nitro benzene ring substituents is 1. The molecular weight excluding hydrogens is 268 g/mol. The van der Waals surface area contributed by atoms with Gasteiger partial charge in [0.2, 0.25) is 0 Å². The van der Waals surface area contributed by atoms with Gasteiger partial charge in [0.1, 0.15) is 5.52 Å². The van der Waals surface area contributed by atoms with E-state index < -0.39 is 10.9 Å². The van der Waals surface area contributed by atoms with Crippen molar-refractivity contribution in [1.82, 2.24) is 4.98 Å². The summed E-state index contributed by atoms with van der Waals surface area (Å²) in [6, 6.07) is 6.49. The highest BCUT2D eigenvalue weighted by Gasteiger charge is 2.14. The summed E-state index contributed by atoms with van der Waals surface area (Å²) < 4.78 is 0. The number of carboxylic acid groups (broad SMARTS) is 1. The predicted octanol–water partition coefficient (Wildman–Crippen LogP) is 2.71. The third kappa shape index (κ3) is 3.00. The molecule has 2 aromatic rings. The second-order valence-corrected chi connectivity index (χ2v) is 4.87. The number of para-hydroxylation sites is 1. The molecule has 1 aromatic carbocycles. The standard InChI is InChI=1S/C12H10N2O4S/c15-11(16)5-7-19-10-4-6-13-12-8(10)2-1-3-9(12)14(17)18/h1-4,6H,5,7H2,(H,15,16). The van der Waals surface area contributed by atoms with Crippen molar-refractivity contribution in [3.8, 4) is 0 Å². The van der Waals surface area contributed by atoms with Crippen molar-refractivity contribution in [3.63, 3.8) is 0 Å². The zero-order valence-corrected chi connectivity index (χ0v) is 10.6. The highest BCUT2D eigenvalue weighted by molar-refractivity contribution is 7.99. The fourth-order valence-electron chi connectivity index (χ4n) is 1.66. The molecule has 7 heteroatoms. The Morgan fingerprint density at radius 2 is 2.21 bits per heavy atom. The topological polar surface area (TPSA) is 93.3 Å². The number of nitro benzene ring substituents is 1. The van der Waals surface area contributed by atoms with Gasteiger partial charge in [0.15, 0.2) is 0 Å². The van der Waals surface area contributed by atoms with Crippen LogP contribution >= 0.6 is 11.8 Å². The molecule has 19 heavy (non-hydrogen) atoms. The van der Waals surface area contributed by atoms with Gasteiger partial charge in [0.05, 0.1) is 11.3 Å². The summed E-state index contributed by atoms with van der Waals surface area (Å²) >= 11 is 1.36. The van der Waals surface area contributed by atoms with E-state index >= 15 is 0 Å². The van der Waals surface area contributed by atoms with Gasteiger partial charge in [-0.05, 0) is 6.07 Å². The molecular formula is C12H10N2O4S. The minimum Gasteiger partial charge on any atom is -0.481 e. The maximum absolute atomic E-state index is 10.9. The predicted molar refractivity (Wildman–Crippen MR) is 71.4 cm³/mol. The quantitative estimate of drug-likeness (QED) is 0.513. The van der Waals surface area contributed by atoms with Crippen LogP contribution in [0.3, 0.4) is 0 Å². The molecule has 0 atom stereocenters. The minimum atomic E-state index is -0.864. The molecule has 0 saturated heterocycles. The SMILES string of the molecule is O=C(O)CCSc1ccnc2c([N+](=O)[O-])cccc12. The molecule has 1 N–H and O–H groups in total. The lowest BCUT2D eigenvalue weighted by atomic mass is 10.2. The second-order valence-electron chi connectivity index (χ2n) is 3.73. The Kier molecular flexibility index (Phi) is 3.96. The van der Waals surface area contributed by atoms with Crippen LogP contribution in [0, 0.1) is 10.1 Å². The van der Waals surface area contributed by atoms with Crippen molar-refractivity contribution in [2.24, 2.45) is 0 Å². The van der Waals surface area contributed by atoms with Gasteiger partial charge >= 0.3 is 5.97 Å². The summed E-state index contributed by atoms with van der Waals surface area (Å²) in [6.45, 7) is 0. The Morgan fingerprint density at radius 1 is 1.42 bits per heavy atom. The van der Waals surface area contributed by atoms with Crippen LogP contribution in [0.5, 0.6) is 0 Å². The molecule has 1 heterocycles. The molecule has 0 fully saturated rings. The average molecular weight is 278 g/mol. The molecule has 6 nitrogen and oxygen atoms in total. The molecule has 0 aliphatic rings. The number of carbonyl (C=O) groups is 1. The first-order valence-electron chi connectivity index (χ1n) is 5.46. The number of rotatable bonds is 5. The largest absolute Gasteiger partial charge is 0.481 e. The normalized spacial score (nSPS) is 10.5. The monoisotopic (exact) mass is 278 g/mol. The molecule has 0 aliphatic heterocycles. The van der Waals surface area contributed by atoms with Gasteiger partial charge in [0.25, 0.3) is 5.69 Å². The third-order valence-electron chi connectivity index (χ3n) is 2.48. The van der Waals surface area contributed by atoms with Gasteiger partial charge in [-0.2, -0.15) is 0 Å². The fourth-order valence-corrected chi connectivity index (χ4v) is 2.63. The summed E-state index contributed by atoms with van der Waals surface area (Å²) in [7, 11) is 0. The van der Waals surface area contributed by atoms with Crippen LogP contribution in [0.1, 0.15) is 6.42 Å². The molecule has 0 bridgehead atoms. The molecule has 0 saturated carbocycles. The molecule has 1 aromatic heterocycles. The first-order chi connectivity index (χ1) is 9.09. The molecule has 0 unspecified atom stereocenters. The summed E-state index contributed by atoms with van der Waals surface area (Å²) in [4.78, 5) is 25.8. The first kappa shape index (κ1) is 13.3. The van der Waals surface area contributed by atoms with Gasteiger partial charge in [-0.1, -0.05) is 12.1 Å². The average Bonchev–Trinajstić information content (AvgIpc) is 2.37. The van der Waals surface area contributed by atoms with E-state index in [-0.39, 0.29) is 12.1 Å². The van der Waals surface area contributed by atoms with Crippen molar-refractivity contribution >= 4 is 34.3 Å². The van der Waals surface area contributed by atoms with Gasteiger partial charge in [-0.15, -0.1) is 11.8 Å². The van der Waals surface area contributed by atoms with Gasteiger partial charge in [0, 0.05) is 28.3 Å². The highest BCUT2D eigenvalue weighted by Crippen LogP contribution is 2.31. The number of aromatic nitrogens is 1. The van der Waals surface area contributed by atoms with Crippen molar-refractivity contribution in [3.05, 3.63) is 40.6 Å². The molecule has 0 radical (unpaired) electrons. The number of benzene rings is 1. The number of hydrogen-bond donors (Lipinski definition) is 1. The molecule has 0 amide bonds. The van der Waals surface area contributed by atoms with E-state index in [2.05, 4.69) is 4.98 Å². The summed E-state index contributed by atoms with van der Waals surface area (Å²) in [6.07, 6.45) is 1.54. The van der Waals surface area contributed by atoms with E-state index in [4.69, 9.17) is 5.11 Å². The van der Waals surface area contributed by atoms with Crippen LogP contribution in [-0.4, -0.2) is 26.7 Å². The maximum atomic E-state index is 10.9. The van der Waals surface area contributed by atoms with Crippen molar-refractivity contribution in [2.45, 2.75) is 11.3 Å². The zero-order valence-electron chi connectivity index (χ0n) is 9.78. The first-order valence-corrected chi connectivity index (χ1v) is 6.45. The fraction of sp³-hybridized carbons (Fsp3) is 0.167. The zero-order chi connectivity index (χ0) is 13.8. The third-order valence-corrected chi connectivity index (χ3v) is 3.56. The second kappa shape index (κ2) is 5.66. The number of pyridine rings is 1. The molecule has 2 rings (SSSR count). The molecule has 0 spiro atoms. The van der Waals surface area contributed by atoms with Gasteiger partial charge in [-0.3, -0.25) is 14.9 Å². The Labute approximate surface area is 112 Å². The van der Waals surface area contributed by atoms with E-state index in [1.165, 1.54) is 24.0 Å². The van der Waals surface area contributed by atoms with Gasteiger partial charge in [-0.25, -0.2) is 4.98 Å². The van der Waals surface area contributed by atoms with Crippen LogP contribution in [0.2, 0.25) is 0 Å². The Hall–Kier alpha value is -2.15. The summed E-state index contributed by atoms with van der Waals surface area (Å²) in [5, 5.41) is 20.2. The number of nitrogens with zero attached hydrogens (tertiary/aromatic N) is 2. The lowest BCUT2D eigenvalue weighted by Crippen LogP contribution is -1.96. The lowest BCUT2D eigenvalue weighted by Gasteiger charge is -2.05. The van der Waals surface area contributed by atoms with Crippen molar-refractivity contribution < 1.29 is 14.8 Å². The van der Waals surface area contributed by atoms with E-state index in [1.807, 2.05) is 0 Å². The smallest absolute Gasteiger partial charge is 0.304 e. The number of fused-ring (bicyclic) bond motifs is 1. The van der Waals surface area contributed by atoms with Crippen LogP contribution < -0.4 is 0 Å². The number of nitro groups is 1. The number of thioether (sulfide) groups is 1. The Morgan fingerprint density at radius 3 is 2.89 bits per heavy atom. The van der Waals surface area contributed by atoms with Crippen LogP contribution in [0.15, 0.2) is 35.4 Å². The Balaban J connectivity index is 2.38. The van der Waals surface area contributed by atoms with Crippen molar-refractivity contribution in [1.29, 1.82) is 0 Å². The van der Waals surface area contributed by atoms with Gasteiger partial charge < -0.3 is 5.11 Å². The number of aliphatic carboxylic acids is 1. The number of hydrogen-bond acceptors (Lipinski definition) is 5. The van der Waals surface area contributed by atoms with E-state index in [0.29, 0.717) is 16.7 Å². The van der Waals surface area contributed by atoms with Crippen LogP contribution in [-0.2, 0) is 4.79 Å². The Bertz CT molecular complexity index is 645. The highest BCUT2D eigenvalue weighted by atomic mass is 32.2. The van der Waals surface area contributed by atoms with Crippen molar-refractivity contribution in [2.75, 3.05) is 5.75 Å². The van der Waals surface area contributed by atoms with Crippen LogP contribution in [0.25, 0.3) is 10.9 Å². The van der Waals surface area contributed by atoms with E-state index in [0.717, 1.165) is 4.90 Å². The van der Waals surface area contributed by atoms with Crippen LogP contribution in [0.4, 0.5) is 5.69 Å². The maximum Gasteiger partial charge on any atom is 0.304 e.